The van der Waals surface area contributed by atoms with Gasteiger partial charge in [0.25, 0.3) is 0 Å². The summed E-state index contributed by atoms with van der Waals surface area (Å²) < 4.78 is 17.6. The first-order chi connectivity index (χ1) is 12.0. The molecule has 1 aromatic rings. The van der Waals surface area contributed by atoms with Crippen molar-refractivity contribution >= 4 is 26.6 Å². The van der Waals surface area contributed by atoms with Crippen LogP contribution in [0.25, 0.3) is 0 Å². The maximum atomic E-state index is 5.85. The van der Waals surface area contributed by atoms with Crippen LogP contribution in [0.15, 0.2) is 0 Å². The van der Waals surface area contributed by atoms with Crippen molar-refractivity contribution in [2.45, 2.75) is 52.5 Å². The Hall–Kier alpha value is -1.49. The van der Waals surface area contributed by atoms with Gasteiger partial charge < -0.3 is 30.1 Å². The lowest BCUT2D eigenvalue weighted by Gasteiger charge is -2.28. The molecule has 5 N–H and O–H groups in total. The monoisotopic (exact) mass is 372 g/mol. The van der Waals surface area contributed by atoms with Gasteiger partial charge in [-0.05, 0) is 33.6 Å². The van der Waals surface area contributed by atoms with Crippen LogP contribution in [-0.2, 0) is 13.3 Å². The van der Waals surface area contributed by atoms with Crippen molar-refractivity contribution in [1.82, 2.24) is 15.0 Å². The molecular formula is C15H32N6O3Si. The number of nitrogens with one attached hydrogen (secondary N) is 1. The molecule has 0 aliphatic heterocycles. The van der Waals surface area contributed by atoms with Crippen molar-refractivity contribution in [2.75, 3.05) is 43.1 Å². The molecule has 0 saturated carbocycles. The Balaban J connectivity index is 2.25. The molecule has 1 heterocycles. The zero-order valence-electron chi connectivity index (χ0n) is 15.6. The van der Waals surface area contributed by atoms with Gasteiger partial charge in [-0.3, -0.25) is 0 Å². The van der Waals surface area contributed by atoms with E-state index in [0.29, 0.717) is 25.8 Å². The van der Waals surface area contributed by atoms with Crippen LogP contribution in [0.3, 0.4) is 0 Å². The molecule has 0 fully saturated rings. The number of nitrogen functional groups attached to an aromatic ring is 2. The minimum absolute atomic E-state index is 0.124. The number of hydrogen-bond acceptors (Lipinski definition) is 9. The number of hydrogen-bond donors (Lipinski definition) is 3. The molecule has 0 saturated heterocycles. The summed E-state index contributed by atoms with van der Waals surface area (Å²) in [6, 6.07) is 0.858. The van der Waals surface area contributed by atoms with Gasteiger partial charge in [0.15, 0.2) is 0 Å². The van der Waals surface area contributed by atoms with Crippen LogP contribution in [0.4, 0.5) is 17.8 Å². The second-order valence-corrected chi connectivity index (χ2v) is 8.18. The average Bonchev–Trinajstić information content (AvgIpc) is 2.54. The molecule has 0 aliphatic carbocycles. The predicted molar refractivity (Wildman–Crippen MR) is 101 cm³/mol. The maximum absolute atomic E-state index is 5.85. The van der Waals surface area contributed by atoms with E-state index in [0.717, 1.165) is 38.3 Å². The third-order valence-electron chi connectivity index (χ3n) is 3.46. The van der Waals surface area contributed by atoms with E-state index in [4.69, 9.17) is 24.7 Å². The summed E-state index contributed by atoms with van der Waals surface area (Å²) in [6.45, 7) is 8.55. The molecule has 10 heteroatoms. The van der Waals surface area contributed by atoms with Gasteiger partial charge in [-0.15, -0.1) is 0 Å². The highest BCUT2D eigenvalue weighted by Gasteiger charge is 2.39. The highest BCUT2D eigenvalue weighted by atomic mass is 28.4. The Morgan fingerprint density at radius 1 is 0.800 bits per heavy atom. The van der Waals surface area contributed by atoms with Gasteiger partial charge in [0, 0.05) is 32.4 Å². The summed E-state index contributed by atoms with van der Waals surface area (Å²) in [5.74, 6) is 0.665. The molecule has 9 nitrogen and oxygen atoms in total. The summed E-state index contributed by atoms with van der Waals surface area (Å²) in [5.41, 5.74) is 11.1. The van der Waals surface area contributed by atoms with Crippen LogP contribution in [0.2, 0.25) is 6.04 Å². The number of anilines is 3. The first-order valence-electron chi connectivity index (χ1n) is 8.98. The van der Waals surface area contributed by atoms with Crippen molar-refractivity contribution < 1.29 is 13.3 Å². The minimum Gasteiger partial charge on any atom is -0.374 e. The Bertz CT molecular complexity index is 457. The lowest BCUT2D eigenvalue weighted by molar-refractivity contribution is 0.0706. The quantitative estimate of drug-likeness (QED) is 0.331. The van der Waals surface area contributed by atoms with E-state index >= 15 is 0 Å². The number of unbranched alkanes of at least 4 members (excludes halogenated alkanes) is 3. The Morgan fingerprint density at radius 3 is 1.84 bits per heavy atom. The fourth-order valence-electron chi connectivity index (χ4n) is 2.51. The van der Waals surface area contributed by atoms with Gasteiger partial charge in [-0.2, -0.15) is 15.0 Å². The first kappa shape index (κ1) is 21.5. The summed E-state index contributed by atoms with van der Waals surface area (Å²) in [5, 5.41) is 3.11. The van der Waals surface area contributed by atoms with Gasteiger partial charge in [-0.1, -0.05) is 12.8 Å². The summed E-state index contributed by atoms with van der Waals surface area (Å²) in [4.78, 5) is 11.7. The lowest BCUT2D eigenvalue weighted by Crippen LogP contribution is -2.45. The molecule has 0 radical (unpaired) electrons. The highest BCUT2D eigenvalue weighted by Crippen LogP contribution is 2.20. The third kappa shape index (κ3) is 8.43. The Morgan fingerprint density at radius 2 is 1.32 bits per heavy atom. The molecule has 0 aromatic carbocycles. The van der Waals surface area contributed by atoms with Crippen LogP contribution >= 0.6 is 0 Å². The SMILES string of the molecule is CCO[Si](CCCCCCNc1nc(N)nc(N)n1)(OCC)OCC. The van der Waals surface area contributed by atoms with E-state index in [-0.39, 0.29) is 11.9 Å². The molecule has 0 spiro atoms. The number of nitrogens with two attached hydrogens (primary N) is 2. The van der Waals surface area contributed by atoms with Crippen molar-refractivity contribution in [3.05, 3.63) is 0 Å². The molecule has 25 heavy (non-hydrogen) atoms. The second kappa shape index (κ2) is 12.0. The van der Waals surface area contributed by atoms with E-state index in [1.54, 1.807) is 0 Å². The smallest absolute Gasteiger partial charge is 0.374 e. The molecule has 0 atom stereocenters. The first-order valence-corrected chi connectivity index (χ1v) is 10.9. The summed E-state index contributed by atoms with van der Waals surface area (Å²) >= 11 is 0. The highest BCUT2D eigenvalue weighted by molar-refractivity contribution is 6.60. The zero-order chi connectivity index (χ0) is 18.5. The van der Waals surface area contributed by atoms with Gasteiger partial charge in [-0.25, -0.2) is 0 Å². The topological polar surface area (TPSA) is 130 Å². The minimum atomic E-state index is -2.50. The molecule has 0 amide bonds. The molecule has 144 valence electrons. The lowest BCUT2D eigenvalue weighted by atomic mass is 10.2. The van der Waals surface area contributed by atoms with E-state index in [1.165, 1.54) is 0 Å². The van der Waals surface area contributed by atoms with Crippen molar-refractivity contribution in [3.63, 3.8) is 0 Å². The number of aromatic nitrogens is 3. The van der Waals surface area contributed by atoms with E-state index in [2.05, 4.69) is 20.3 Å². The fraction of sp³-hybridized carbons (Fsp3) is 0.800. The van der Waals surface area contributed by atoms with E-state index in [1.807, 2.05) is 20.8 Å². The average molecular weight is 373 g/mol. The van der Waals surface area contributed by atoms with Crippen LogP contribution in [0.5, 0.6) is 0 Å². The second-order valence-electron chi connectivity index (χ2n) is 5.45. The van der Waals surface area contributed by atoms with Gasteiger partial charge in [0.05, 0.1) is 0 Å². The molecule has 0 aliphatic rings. The zero-order valence-corrected chi connectivity index (χ0v) is 16.6. The molecule has 1 rings (SSSR count). The summed E-state index contributed by atoms with van der Waals surface area (Å²) in [6.07, 6.45) is 4.19. The van der Waals surface area contributed by atoms with Crippen molar-refractivity contribution in [1.29, 1.82) is 0 Å². The van der Waals surface area contributed by atoms with Crippen LogP contribution in [0.1, 0.15) is 46.5 Å². The van der Waals surface area contributed by atoms with Crippen molar-refractivity contribution in [2.24, 2.45) is 0 Å². The largest absolute Gasteiger partial charge is 0.500 e. The number of rotatable bonds is 14. The standard InChI is InChI=1S/C15H32N6O3Si/c1-4-22-25(23-5-2,24-6-3)12-10-8-7-9-11-18-15-20-13(16)19-14(17)21-15/h4-12H2,1-3H3,(H5,16,17,18,19,20,21). The van der Waals surface area contributed by atoms with Crippen molar-refractivity contribution in [3.8, 4) is 0 Å². The molecule has 1 aromatic heterocycles. The van der Waals surface area contributed by atoms with E-state index < -0.39 is 8.80 Å². The predicted octanol–water partition coefficient (Wildman–Crippen LogP) is 2.06. The Kier molecular flexibility index (Phi) is 10.3. The maximum Gasteiger partial charge on any atom is 0.500 e. The normalized spacial score (nSPS) is 11.6. The van der Waals surface area contributed by atoms with Gasteiger partial charge >= 0.3 is 8.80 Å². The number of nitrogens with zero attached hydrogens (tertiary/aromatic N) is 3. The molecule has 0 unspecified atom stereocenters. The molecule has 0 bridgehead atoms. The van der Waals surface area contributed by atoms with Crippen LogP contribution in [-0.4, -0.2) is 50.1 Å². The Labute approximate surface area is 151 Å². The summed E-state index contributed by atoms with van der Waals surface area (Å²) in [7, 11) is -2.50. The van der Waals surface area contributed by atoms with Crippen LogP contribution in [0, 0.1) is 0 Å². The van der Waals surface area contributed by atoms with E-state index in [9.17, 15) is 0 Å². The third-order valence-corrected chi connectivity index (χ3v) is 6.61. The van der Waals surface area contributed by atoms with Crippen LogP contribution < -0.4 is 16.8 Å². The van der Waals surface area contributed by atoms with Gasteiger partial charge in [0.1, 0.15) is 0 Å². The van der Waals surface area contributed by atoms with Gasteiger partial charge in [0.2, 0.25) is 17.8 Å². The molecular weight excluding hydrogens is 340 g/mol. The fourth-order valence-corrected chi connectivity index (χ4v) is 5.20.